The minimum Gasteiger partial charge on any atom is -0.494 e. The summed E-state index contributed by atoms with van der Waals surface area (Å²) in [6.45, 7) is 13.1. The van der Waals surface area contributed by atoms with Crippen molar-refractivity contribution in [3.63, 3.8) is 0 Å². The number of allylic oxidation sites excluding steroid dienone is 1. The number of carbonyl (C=O) groups is 1. The van der Waals surface area contributed by atoms with E-state index in [4.69, 9.17) is 13.9 Å². The molecule has 1 aromatic heterocycles. The molecule has 0 radical (unpaired) electrons. The fourth-order valence-corrected chi connectivity index (χ4v) is 4.96. The van der Waals surface area contributed by atoms with E-state index in [-0.39, 0.29) is 5.91 Å². The summed E-state index contributed by atoms with van der Waals surface area (Å²) < 4.78 is 17.4. The second kappa shape index (κ2) is 10.4. The van der Waals surface area contributed by atoms with Gasteiger partial charge >= 0.3 is 0 Å². The van der Waals surface area contributed by atoms with Crippen LogP contribution >= 0.6 is 0 Å². The molecule has 0 aliphatic carbocycles. The van der Waals surface area contributed by atoms with Gasteiger partial charge in [-0.2, -0.15) is 0 Å². The van der Waals surface area contributed by atoms with Crippen molar-refractivity contribution in [3.8, 4) is 22.6 Å². The standard InChI is InChI=1S/C29H35NO4/c1-6-32-23-10-8-22(9-11-23)26-18-34-28-15-27(33-7-2)24(14-25(26)28)21(5)13-29(31)30-16-19(3)12-20(4)17-30/h8-11,13-15,18-20H,6-7,12,16-17H2,1-5H3/b21-13+. The van der Waals surface area contributed by atoms with Crippen molar-refractivity contribution in [2.45, 2.75) is 41.0 Å². The van der Waals surface area contributed by atoms with Gasteiger partial charge in [-0.15, -0.1) is 0 Å². The van der Waals surface area contributed by atoms with E-state index in [1.54, 1.807) is 12.3 Å². The van der Waals surface area contributed by atoms with Gasteiger partial charge in [-0.3, -0.25) is 4.79 Å². The van der Waals surface area contributed by atoms with Crippen molar-refractivity contribution in [1.82, 2.24) is 4.90 Å². The number of likely N-dealkylation sites (tertiary alicyclic amines) is 1. The lowest BCUT2D eigenvalue weighted by Gasteiger charge is -2.34. The highest BCUT2D eigenvalue weighted by atomic mass is 16.5. The van der Waals surface area contributed by atoms with E-state index >= 15 is 0 Å². The molecule has 1 amide bonds. The number of benzene rings is 2. The third kappa shape index (κ3) is 5.14. The summed E-state index contributed by atoms with van der Waals surface area (Å²) in [4.78, 5) is 15.1. The Bertz CT molecular complexity index is 1160. The maximum Gasteiger partial charge on any atom is 0.246 e. The van der Waals surface area contributed by atoms with Crippen LogP contribution in [0.4, 0.5) is 0 Å². The Morgan fingerprint density at radius 1 is 1.06 bits per heavy atom. The molecule has 2 atom stereocenters. The van der Waals surface area contributed by atoms with Gasteiger partial charge in [-0.05, 0) is 68.4 Å². The quantitative estimate of drug-likeness (QED) is 0.363. The second-order valence-corrected chi connectivity index (χ2v) is 9.40. The van der Waals surface area contributed by atoms with E-state index in [1.807, 2.05) is 56.0 Å². The molecule has 2 heterocycles. The number of hydrogen-bond acceptors (Lipinski definition) is 4. The first-order chi connectivity index (χ1) is 16.4. The number of piperidine rings is 1. The zero-order valence-electron chi connectivity index (χ0n) is 20.9. The van der Waals surface area contributed by atoms with Crippen LogP contribution in [-0.4, -0.2) is 37.1 Å². The fraction of sp³-hybridized carbons (Fsp3) is 0.414. The van der Waals surface area contributed by atoms with Gasteiger partial charge in [0.15, 0.2) is 0 Å². The lowest BCUT2D eigenvalue weighted by molar-refractivity contribution is -0.128. The van der Waals surface area contributed by atoms with Gasteiger partial charge in [-0.1, -0.05) is 26.0 Å². The van der Waals surface area contributed by atoms with Gasteiger partial charge in [-0.25, -0.2) is 0 Å². The number of fused-ring (bicyclic) bond motifs is 1. The Morgan fingerprint density at radius 3 is 2.38 bits per heavy atom. The Morgan fingerprint density at radius 2 is 1.74 bits per heavy atom. The predicted molar refractivity (Wildman–Crippen MR) is 137 cm³/mol. The summed E-state index contributed by atoms with van der Waals surface area (Å²) in [5.74, 6) is 2.69. The molecule has 0 saturated carbocycles. The Kier molecular flexibility index (Phi) is 7.30. The molecule has 2 unspecified atom stereocenters. The zero-order chi connectivity index (χ0) is 24.2. The average molecular weight is 462 g/mol. The molecule has 4 rings (SSSR count). The second-order valence-electron chi connectivity index (χ2n) is 9.40. The normalized spacial score (nSPS) is 18.9. The fourth-order valence-electron chi connectivity index (χ4n) is 4.96. The smallest absolute Gasteiger partial charge is 0.246 e. The van der Waals surface area contributed by atoms with Gasteiger partial charge in [0.25, 0.3) is 0 Å². The molecule has 1 saturated heterocycles. The van der Waals surface area contributed by atoms with E-state index in [1.165, 1.54) is 6.42 Å². The van der Waals surface area contributed by atoms with E-state index in [9.17, 15) is 4.79 Å². The molecule has 180 valence electrons. The zero-order valence-corrected chi connectivity index (χ0v) is 20.9. The molecule has 3 aromatic rings. The van der Waals surface area contributed by atoms with E-state index < -0.39 is 0 Å². The van der Waals surface area contributed by atoms with Crippen molar-refractivity contribution in [1.29, 1.82) is 0 Å². The number of nitrogens with zero attached hydrogens (tertiary/aromatic N) is 1. The van der Waals surface area contributed by atoms with Crippen LogP contribution in [0.2, 0.25) is 0 Å². The maximum absolute atomic E-state index is 13.1. The minimum atomic E-state index is 0.0670. The summed E-state index contributed by atoms with van der Waals surface area (Å²) in [5.41, 5.74) is 4.61. The summed E-state index contributed by atoms with van der Waals surface area (Å²) >= 11 is 0. The van der Waals surface area contributed by atoms with Crippen molar-refractivity contribution in [2.75, 3.05) is 26.3 Å². The Hall–Kier alpha value is -3.21. The van der Waals surface area contributed by atoms with E-state index in [0.717, 1.165) is 57.8 Å². The lowest BCUT2D eigenvalue weighted by atomic mass is 9.91. The van der Waals surface area contributed by atoms with Crippen LogP contribution in [0.25, 0.3) is 27.7 Å². The third-order valence-electron chi connectivity index (χ3n) is 6.40. The molecule has 5 nitrogen and oxygen atoms in total. The van der Waals surface area contributed by atoms with Crippen LogP contribution < -0.4 is 9.47 Å². The molecule has 0 bridgehead atoms. The molecule has 0 N–H and O–H groups in total. The molecular weight excluding hydrogens is 426 g/mol. The molecular formula is C29H35NO4. The number of hydrogen-bond donors (Lipinski definition) is 0. The first-order valence-electron chi connectivity index (χ1n) is 12.3. The predicted octanol–water partition coefficient (Wildman–Crippen LogP) is 6.81. The van der Waals surface area contributed by atoms with Crippen molar-refractivity contribution < 1.29 is 18.7 Å². The Labute approximate surface area is 202 Å². The summed E-state index contributed by atoms with van der Waals surface area (Å²) in [6.07, 6.45) is 4.71. The number of rotatable bonds is 7. The monoisotopic (exact) mass is 461 g/mol. The van der Waals surface area contributed by atoms with Gasteiger partial charge < -0.3 is 18.8 Å². The first-order valence-corrected chi connectivity index (χ1v) is 12.3. The van der Waals surface area contributed by atoms with Crippen molar-refractivity contribution >= 4 is 22.4 Å². The van der Waals surface area contributed by atoms with Crippen LogP contribution in [0, 0.1) is 11.8 Å². The summed E-state index contributed by atoms with van der Waals surface area (Å²) in [6, 6.07) is 12.0. The maximum atomic E-state index is 13.1. The van der Waals surface area contributed by atoms with Crippen LogP contribution in [-0.2, 0) is 4.79 Å². The minimum absolute atomic E-state index is 0.0670. The van der Waals surface area contributed by atoms with E-state index in [2.05, 4.69) is 19.9 Å². The summed E-state index contributed by atoms with van der Waals surface area (Å²) in [5, 5.41) is 0.989. The average Bonchev–Trinajstić information content (AvgIpc) is 3.21. The molecule has 1 aliphatic heterocycles. The van der Waals surface area contributed by atoms with Crippen LogP contribution in [0.5, 0.6) is 11.5 Å². The van der Waals surface area contributed by atoms with Crippen LogP contribution in [0.3, 0.4) is 0 Å². The highest BCUT2D eigenvalue weighted by Gasteiger charge is 2.25. The van der Waals surface area contributed by atoms with Gasteiger partial charge in [0.2, 0.25) is 5.91 Å². The molecule has 34 heavy (non-hydrogen) atoms. The third-order valence-corrected chi connectivity index (χ3v) is 6.40. The van der Waals surface area contributed by atoms with Crippen LogP contribution in [0.1, 0.15) is 46.6 Å². The SMILES string of the molecule is CCOc1ccc(-c2coc3cc(OCC)c(/C(C)=C/C(=O)N4CC(C)CC(C)C4)cc23)cc1. The Balaban J connectivity index is 1.70. The first kappa shape index (κ1) is 23.9. The molecule has 1 fully saturated rings. The van der Waals surface area contributed by atoms with Crippen LogP contribution in [0.15, 0.2) is 53.2 Å². The number of amides is 1. The molecule has 5 heteroatoms. The van der Waals surface area contributed by atoms with Gasteiger partial charge in [0.1, 0.15) is 17.1 Å². The molecule has 2 aromatic carbocycles. The summed E-state index contributed by atoms with van der Waals surface area (Å²) in [7, 11) is 0. The lowest BCUT2D eigenvalue weighted by Crippen LogP contribution is -2.41. The number of carbonyl (C=O) groups excluding carboxylic acids is 1. The largest absolute Gasteiger partial charge is 0.494 e. The molecule has 0 spiro atoms. The topological polar surface area (TPSA) is 51.9 Å². The highest BCUT2D eigenvalue weighted by molar-refractivity contribution is 6.00. The van der Waals surface area contributed by atoms with E-state index in [0.29, 0.717) is 25.0 Å². The highest BCUT2D eigenvalue weighted by Crippen LogP contribution is 2.38. The van der Waals surface area contributed by atoms with Crippen molar-refractivity contribution in [2.24, 2.45) is 11.8 Å². The van der Waals surface area contributed by atoms with Gasteiger partial charge in [0, 0.05) is 41.7 Å². The number of ether oxygens (including phenoxy) is 2. The molecule has 1 aliphatic rings. The number of furan rings is 1. The van der Waals surface area contributed by atoms with Crippen molar-refractivity contribution in [3.05, 3.63) is 54.3 Å². The van der Waals surface area contributed by atoms with Gasteiger partial charge in [0.05, 0.1) is 19.5 Å².